The smallest absolute Gasteiger partial charge is 0.119 e. The fraction of sp³-hybridized carbons (Fsp3) is 1.00. The van der Waals surface area contributed by atoms with Crippen LogP contribution in [0, 0.1) is 0 Å². The molecule has 0 unspecified atom stereocenters. The monoisotopic (exact) mass is 195 g/mol. The van der Waals surface area contributed by atoms with Gasteiger partial charge in [0, 0.05) is 4.57 Å². The van der Waals surface area contributed by atoms with Crippen LogP contribution in [0.4, 0.5) is 0 Å². The highest BCUT2D eigenvalue weighted by atomic mass is 31.1. The van der Waals surface area contributed by atoms with Crippen molar-refractivity contribution >= 4 is 8.25 Å². The van der Waals surface area contributed by atoms with Crippen LogP contribution in [0.5, 0.6) is 0 Å². The predicted molar refractivity (Wildman–Crippen MR) is 51.4 cm³/mol. The molecule has 0 radical (unpaired) electrons. The van der Waals surface area contributed by atoms with E-state index in [1.165, 1.54) is 12.8 Å². The van der Waals surface area contributed by atoms with Crippen molar-refractivity contribution in [3.63, 3.8) is 0 Å². The Labute approximate surface area is 76.4 Å². The molecule has 0 spiro atoms. The summed E-state index contributed by atoms with van der Waals surface area (Å²) in [4.78, 5) is 0. The summed E-state index contributed by atoms with van der Waals surface area (Å²) >= 11 is 0. The molecule has 0 fully saturated rings. The first kappa shape index (κ1) is 14.5. The molecule has 0 aromatic rings. The molecule has 12 heavy (non-hydrogen) atoms. The van der Waals surface area contributed by atoms with E-state index in [9.17, 15) is 4.57 Å². The summed E-state index contributed by atoms with van der Waals surface area (Å²) in [6.07, 6.45) is 2.64. The van der Waals surface area contributed by atoms with Gasteiger partial charge < -0.3 is 0 Å². The van der Waals surface area contributed by atoms with Gasteiger partial charge in [-0.15, -0.1) is 9.05 Å². The van der Waals surface area contributed by atoms with Gasteiger partial charge in [0.15, 0.2) is 0 Å². The van der Waals surface area contributed by atoms with Crippen LogP contribution < -0.4 is 0 Å². The summed E-state index contributed by atoms with van der Waals surface area (Å²) in [5, 5.41) is 0. The summed E-state index contributed by atoms with van der Waals surface area (Å²) in [7, 11) is -1.83. The van der Waals surface area contributed by atoms with Crippen LogP contribution in [-0.2, 0) is 13.6 Å². The van der Waals surface area contributed by atoms with Crippen LogP contribution in [0.25, 0.3) is 0 Å². The lowest BCUT2D eigenvalue weighted by atomic mass is 10.4. The van der Waals surface area contributed by atoms with E-state index >= 15 is 0 Å². The molecule has 0 amide bonds. The molecule has 0 aromatic heterocycles. The summed E-state index contributed by atoms with van der Waals surface area (Å²) < 4.78 is 19.5. The summed E-state index contributed by atoms with van der Waals surface area (Å²) in [5.41, 5.74) is 0. The van der Waals surface area contributed by atoms with Gasteiger partial charge in [-0.25, -0.2) is 0 Å². The van der Waals surface area contributed by atoms with Crippen molar-refractivity contribution in [2.45, 2.75) is 40.5 Å². The first-order valence-electron chi connectivity index (χ1n) is 4.45. The van der Waals surface area contributed by atoms with Gasteiger partial charge in [0.2, 0.25) is 0 Å². The Morgan fingerprint density at radius 2 is 1.25 bits per heavy atom. The van der Waals surface area contributed by atoms with Crippen LogP contribution in [0.1, 0.15) is 40.5 Å². The Kier molecular flexibility index (Phi) is 16.5. The van der Waals surface area contributed by atoms with Crippen LogP contribution in [0.15, 0.2) is 0 Å². The highest BCUT2D eigenvalue weighted by Gasteiger charge is 2.15. The van der Waals surface area contributed by atoms with E-state index in [2.05, 4.69) is 22.9 Å². The minimum atomic E-state index is -1.83. The maximum Gasteiger partial charge on any atom is 0.697 e. The van der Waals surface area contributed by atoms with Crippen molar-refractivity contribution < 1.29 is 13.6 Å². The second-order valence-electron chi connectivity index (χ2n) is 2.06. The topological polar surface area (TPSA) is 35.5 Å². The lowest BCUT2D eigenvalue weighted by Gasteiger charge is -1.78. The van der Waals surface area contributed by atoms with Gasteiger partial charge in [-0.3, -0.25) is 0 Å². The average Bonchev–Trinajstić information content (AvgIpc) is 2.06. The van der Waals surface area contributed by atoms with Gasteiger partial charge in [-0.05, 0) is 13.8 Å². The number of rotatable bonds is 5. The van der Waals surface area contributed by atoms with Crippen molar-refractivity contribution in [3.8, 4) is 0 Å². The zero-order chi connectivity index (χ0) is 9.82. The van der Waals surface area contributed by atoms with Gasteiger partial charge in [-0.2, -0.15) is 0 Å². The molecule has 0 N–H and O–H groups in total. The number of hydrogen-bond acceptors (Lipinski definition) is 3. The van der Waals surface area contributed by atoms with E-state index in [0.717, 1.165) is 0 Å². The van der Waals surface area contributed by atoms with Crippen molar-refractivity contribution in [2.24, 2.45) is 0 Å². The molecule has 74 valence electrons. The minimum absolute atomic E-state index is 0.440. The molecule has 4 heteroatoms. The molecular weight excluding hydrogens is 175 g/mol. The summed E-state index contributed by atoms with van der Waals surface area (Å²) in [6.45, 7) is 8.78. The van der Waals surface area contributed by atoms with Gasteiger partial charge >= 0.3 is 8.25 Å². The maximum absolute atomic E-state index is 10.3. The zero-order valence-electron chi connectivity index (χ0n) is 8.50. The SMILES string of the molecule is CCCC.CCO[P+](=O)OCC. The van der Waals surface area contributed by atoms with Crippen LogP contribution in [0.2, 0.25) is 0 Å². The molecule has 0 heterocycles. The van der Waals surface area contributed by atoms with Crippen LogP contribution in [-0.4, -0.2) is 13.2 Å². The predicted octanol–water partition coefficient (Wildman–Crippen LogP) is 3.52. The largest absolute Gasteiger partial charge is 0.697 e. The van der Waals surface area contributed by atoms with E-state index in [-0.39, 0.29) is 0 Å². The maximum atomic E-state index is 10.3. The van der Waals surface area contributed by atoms with Crippen molar-refractivity contribution in [3.05, 3.63) is 0 Å². The van der Waals surface area contributed by atoms with Crippen LogP contribution in [0.3, 0.4) is 0 Å². The lowest BCUT2D eigenvalue weighted by molar-refractivity contribution is 0.243. The standard InChI is InChI=1S/C4H10O3P.C4H10/c1-3-6-8(5)7-4-2;1-3-4-2/h3-4H2,1-2H3;3-4H2,1-2H3/q+1;. The average molecular weight is 195 g/mol. The van der Waals surface area contributed by atoms with Gasteiger partial charge in [0.05, 0.1) is 0 Å². The first-order chi connectivity index (χ1) is 5.72. The molecular formula is C8H20O3P+. The Hall–Kier alpha value is 0.0200. The molecule has 0 atom stereocenters. The van der Waals surface area contributed by atoms with E-state index in [1.807, 2.05) is 0 Å². The van der Waals surface area contributed by atoms with E-state index in [1.54, 1.807) is 13.8 Å². The van der Waals surface area contributed by atoms with Crippen molar-refractivity contribution in [1.29, 1.82) is 0 Å². The molecule has 0 bridgehead atoms. The third-order valence-corrected chi connectivity index (χ3v) is 1.91. The zero-order valence-corrected chi connectivity index (χ0v) is 9.39. The molecule has 0 aromatic carbocycles. The van der Waals surface area contributed by atoms with E-state index in [0.29, 0.717) is 13.2 Å². The lowest BCUT2D eigenvalue weighted by Crippen LogP contribution is -1.81. The first-order valence-corrected chi connectivity index (χ1v) is 5.55. The number of unbranched alkanes of at least 4 members (excludes halogenated alkanes) is 1. The third-order valence-electron chi connectivity index (χ3n) is 0.969. The van der Waals surface area contributed by atoms with Crippen molar-refractivity contribution in [1.82, 2.24) is 0 Å². The van der Waals surface area contributed by atoms with Crippen LogP contribution >= 0.6 is 8.25 Å². The second kappa shape index (κ2) is 13.6. The van der Waals surface area contributed by atoms with E-state index in [4.69, 9.17) is 0 Å². The number of hydrogen-bond donors (Lipinski definition) is 0. The molecule has 0 aliphatic heterocycles. The molecule has 0 saturated heterocycles. The Balaban J connectivity index is 0. The quantitative estimate of drug-likeness (QED) is 0.629. The molecule has 0 rings (SSSR count). The summed E-state index contributed by atoms with van der Waals surface area (Å²) in [5.74, 6) is 0. The summed E-state index contributed by atoms with van der Waals surface area (Å²) in [6, 6.07) is 0. The molecule has 0 aliphatic carbocycles. The third kappa shape index (κ3) is 16.5. The second-order valence-corrected chi connectivity index (χ2v) is 3.02. The minimum Gasteiger partial charge on any atom is -0.119 e. The fourth-order valence-corrected chi connectivity index (χ4v) is 0.744. The van der Waals surface area contributed by atoms with Gasteiger partial charge in [0.1, 0.15) is 13.2 Å². The molecule has 0 aliphatic rings. The van der Waals surface area contributed by atoms with Crippen molar-refractivity contribution in [2.75, 3.05) is 13.2 Å². The Morgan fingerprint density at radius 3 is 1.42 bits per heavy atom. The highest BCUT2D eigenvalue weighted by molar-refractivity contribution is 7.33. The Morgan fingerprint density at radius 1 is 0.917 bits per heavy atom. The van der Waals surface area contributed by atoms with Gasteiger partial charge in [0.25, 0.3) is 0 Å². The highest BCUT2D eigenvalue weighted by Crippen LogP contribution is 2.21. The van der Waals surface area contributed by atoms with E-state index < -0.39 is 8.25 Å². The Bertz CT molecular complexity index is 86.3. The molecule has 0 saturated carbocycles. The fourth-order valence-electron chi connectivity index (χ4n) is 0.248. The molecule has 3 nitrogen and oxygen atoms in total. The normalized spacial score (nSPS) is 8.67. The van der Waals surface area contributed by atoms with Gasteiger partial charge in [-0.1, -0.05) is 26.7 Å².